The fourth-order valence-corrected chi connectivity index (χ4v) is 1.42. The number of esters is 1. The second-order valence-corrected chi connectivity index (χ2v) is 3.39. The summed E-state index contributed by atoms with van der Waals surface area (Å²) in [6.45, 7) is 1.93. The summed E-state index contributed by atoms with van der Waals surface area (Å²) in [5.74, 6) is -0.699. The van der Waals surface area contributed by atoms with Crippen LogP contribution in [-0.2, 0) is 21.6 Å². The van der Waals surface area contributed by atoms with E-state index in [1.165, 1.54) is 6.20 Å². The number of aromatic amines is 1. The molecule has 1 aromatic rings. The molecule has 0 fully saturated rings. The first-order chi connectivity index (χ1) is 6.65. The van der Waals surface area contributed by atoms with E-state index in [2.05, 4.69) is 10.2 Å². The number of nitrogens with one attached hydrogen (secondary N) is 1. The summed E-state index contributed by atoms with van der Waals surface area (Å²) in [5.41, 5.74) is 0.513. The van der Waals surface area contributed by atoms with E-state index in [0.29, 0.717) is 5.56 Å². The van der Waals surface area contributed by atoms with Gasteiger partial charge in [0.25, 0.3) is 0 Å². The van der Waals surface area contributed by atoms with Gasteiger partial charge in [0.2, 0.25) is 0 Å². The van der Waals surface area contributed by atoms with Gasteiger partial charge in [-0.05, 0) is 6.92 Å². The van der Waals surface area contributed by atoms with Crippen molar-refractivity contribution in [1.82, 2.24) is 10.2 Å². The number of aromatic nitrogens is 2. The SMILES string of the molecule is CCOC(=O)c1[nH]ncc1CS(=O)O. The lowest BCUT2D eigenvalue weighted by molar-refractivity contribution is 0.0518. The van der Waals surface area contributed by atoms with Crippen LogP contribution in [0.4, 0.5) is 0 Å². The van der Waals surface area contributed by atoms with Gasteiger partial charge in [-0.25, -0.2) is 9.00 Å². The van der Waals surface area contributed by atoms with Crippen LogP contribution in [0.2, 0.25) is 0 Å². The third-order valence-corrected chi connectivity index (χ3v) is 2.03. The average molecular weight is 218 g/mol. The fourth-order valence-electron chi connectivity index (χ4n) is 0.934. The standard InChI is InChI=1S/C7H10N2O4S/c1-2-13-7(10)6-5(3-8-9-6)4-14(11)12/h3H,2,4H2,1H3,(H,8,9)(H,11,12). The van der Waals surface area contributed by atoms with Gasteiger partial charge in [-0.15, -0.1) is 0 Å². The van der Waals surface area contributed by atoms with Crippen LogP contribution in [0.15, 0.2) is 6.20 Å². The lowest BCUT2D eigenvalue weighted by atomic mass is 10.3. The number of carbonyl (C=O) groups excluding carboxylic acids is 1. The van der Waals surface area contributed by atoms with Crippen LogP contribution in [0, 0.1) is 0 Å². The molecule has 0 aromatic carbocycles. The maximum Gasteiger partial charge on any atom is 0.356 e. The third kappa shape index (κ3) is 2.64. The zero-order valence-corrected chi connectivity index (χ0v) is 8.34. The fraction of sp³-hybridized carbons (Fsp3) is 0.429. The van der Waals surface area contributed by atoms with Crippen molar-refractivity contribution in [1.29, 1.82) is 0 Å². The first-order valence-corrected chi connectivity index (χ1v) is 5.19. The Balaban J connectivity index is 2.81. The summed E-state index contributed by atoms with van der Waals surface area (Å²) < 4.78 is 23.9. The minimum Gasteiger partial charge on any atom is -0.461 e. The Kier molecular flexibility index (Phi) is 3.78. The van der Waals surface area contributed by atoms with Crippen LogP contribution < -0.4 is 0 Å². The molecule has 7 heteroatoms. The van der Waals surface area contributed by atoms with Crippen molar-refractivity contribution >= 4 is 17.0 Å². The van der Waals surface area contributed by atoms with Gasteiger partial charge in [-0.1, -0.05) is 0 Å². The van der Waals surface area contributed by atoms with Crippen LogP contribution in [0.5, 0.6) is 0 Å². The van der Waals surface area contributed by atoms with E-state index in [1.54, 1.807) is 6.92 Å². The lowest BCUT2D eigenvalue weighted by Crippen LogP contribution is -2.08. The van der Waals surface area contributed by atoms with E-state index in [-0.39, 0.29) is 18.1 Å². The third-order valence-electron chi connectivity index (χ3n) is 1.48. The molecule has 1 rings (SSSR count). The van der Waals surface area contributed by atoms with Crippen LogP contribution in [0.3, 0.4) is 0 Å². The first-order valence-electron chi connectivity index (χ1n) is 3.92. The molecule has 0 aliphatic carbocycles. The van der Waals surface area contributed by atoms with Crippen molar-refractivity contribution in [3.8, 4) is 0 Å². The highest BCUT2D eigenvalue weighted by molar-refractivity contribution is 7.78. The predicted octanol–water partition coefficient (Wildman–Crippen LogP) is 0.308. The molecule has 1 unspecified atom stereocenters. The van der Waals surface area contributed by atoms with Gasteiger partial charge in [0, 0.05) is 5.56 Å². The number of carbonyl (C=O) groups is 1. The van der Waals surface area contributed by atoms with Gasteiger partial charge >= 0.3 is 5.97 Å². The zero-order chi connectivity index (χ0) is 10.6. The van der Waals surface area contributed by atoms with E-state index in [9.17, 15) is 9.00 Å². The topological polar surface area (TPSA) is 92.3 Å². The van der Waals surface area contributed by atoms with Crippen molar-refractivity contribution in [3.05, 3.63) is 17.5 Å². The summed E-state index contributed by atoms with van der Waals surface area (Å²) in [7, 11) is 0. The number of H-pyrrole nitrogens is 1. The van der Waals surface area contributed by atoms with Crippen LogP contribution >= 0.6 is 0 Å². The Bertz CT molecular complexity index is 349. The number of nitrogens with zero attached hydrogens (tertiary/aromatic N) is 1. The highest BCUT2D eigenvalue weighted by Crippen LogP contribution is 2.08. The second-order valence-electron chi connectivity index (χ2n) is 2.46. The van der Waals surface area contributed by atoms with Gasteiger partial charge in [0.05, 0.1) is 18.6 Å². The van der Waals surface area contributed by atoms with Crippen LogP contribution in [-0.4, -0.2) is 31.5 Å². The molecule has 0 bridgehead atoms. The number of ether oxygens (including phenoxy) is 1. The predicted molar refractivity (Wildman–Crippen MR) is 49.0 cm³/mol. The van der Waals surface area contributed by atoms with Crippen LogP contribution in [0.1, 0.15) is 23.0 Å². The Morgan fingerprint density at radius 3 is 3.07 bits per heavy atom. The van der Waals surface area contributed by atoms with Crippen LogP contribution in [0.25, 0.3) is 0 Å². The van der Waals surface area contributed by atoms with E-state index < -0.39 is 17.0 Å². The van der Waals surface area contributed by atoms with Gasteiger partial charge in [0.15, 0.2) is 11.1 Å². The molecule has 2 N–H and O–H groups in total. The largest absolute Gasteiger partial charge is 0.461 e. The molecule has 78 valence electrons. The van der Waals surface area contributed by atoms with Crippen molar-refractivity contribution in [2.45, 2.75) is 12.7 Å². The maximum absolute atomic E-state index is 11.2. The Labute approximate surface area is 82.9 Å². The summed E-state index contributed by atoms with van der Waals surface area (Å²) >= 11 is -1.99. The van der Waals surface area contributed by atoms with Crippen molar-refractivity contribution in [3.63, 3.8) is 0 Å². The number of hydrogen-bond acceptors (Lipinski definition) is 4. The molecule has 1 atom stereocenters. The van der Waals surface area contributed by atoms with Crippen molar-refractivity contribution in [2.24, 2.45) is 0 Å². The van der Waals surface area contributed by atoms with Crippen molar-refractivity contribution in [2.75, 3.05) is 6.61 Å². The van der Waals surface area contributed by atoms with Gasteiger partial charge < -0.3 is 9.29 Å². The quantitative estimate of drug-likeness (QED) is 0.560. The minimum atomic E-state index is -1.99. The van der Waals surface area contributed by atoms with Gasteiger partial charge in [-0.2, -0.15) is 5.10 Å². The van der Waals surface area contributed by atoms with E-state index in [0.717, 1.165) is 0 Å². The molecule has 0 aliphatic rings. The first kappa shape index (κ1) is 10.9. The molecule has 1 aromatic heterocycles. The molecule has 14 heavy (non-hydrogen) atoms. The normalized spacial score (nSPS) is 12.4. The Morgan fingerprint density at radius 2 is 2.50 bits per heavy atom. The zero-order valence-electron chi connectivity index (χ0n) is 7.52. The molecular formula is C7H10N2O4S. The molecule has 0 saturated heterocycles. The molecule has 0 saturated carbocycles. The molecule has 0 spiro atoms. The van der Waals surface area contributed by atoms with E-state index >= 15 is 0 Å². The van der Waals surface area contributed by atoms with E-state index in [1.807, 2.05) is 0 Å². The summed E-state index contributed by atoms with van der Waals surface area (Å²) in [6, 6.07) is 0. The smallest absolute Gasteiger partial charge is 0.356 e. The second kappa shape index (κ2) is 4.87. The van der Waals surface area contributed by atoms with Gasteiger partial charge in [-0.3, -0.25) is 5.10 Å². The molecule has 0 aliphatic heterocycles. The molecule has 0 amide bonds. The summed E-state index contributed by atoms with van der Waals surface area (Å²) in [6.07, 6.45) is 1.33. The molecule has 6 nitrogen and oxygen atoms in total. The number of rotatable bonds is 4. The average Bonchev–Trinajstić information content (AvgIpc) is 2.51. The summed E-state index contributed by atoms with van der Waals surface area (Å²) in [4.78, 5) is 11.2. The monoisotopic (exact) mass is 218 g/mol. The highest BCUT2D eigenvalue weighted by Gasteiger charge is 2.15. The minimum absolute atomic E-state index is 0.134. The lowest BCUT2D eigenvalue weighted by Gasteiger charge is -2.00. The number of hydrogen-bond donors (Lipinski definition) is 2. The molecule has 0 radical (unpaired) electrons. The Hall–Kier alpha value is -1.21. The van der Waals surface area contributed by atoms with E-state index in [4.69, 9.17) is 9.29 Å². The molecular weight excluding hydrogens is 208 g/mol. The molecule has 1 heterocycles. The van der Waals surface area contributed by atoms with Crippen molar-refractivity contribution < 1.29 is 18.3 Å². The Morgan fingerprint density at radius 1 is 1.79 bits per heavy atom. The maximum atomic E-state index is 11.2. The summed E-state index contributed by atoms with van der Waals surface area (Å²) in [5, 5.41) is 6.03. The highest BCUT2D eigenvalue weighted by atomic mass is 32.2. The van der Waals surface area contributed by atoms with Gasteiger partial charge in [0.1, 0.15) is 5.69 Å².